The van der Waals surface area contributed by atoms with Gasteiger partial charge in [-0.1, -0.05) is 114 Å². The van der Waals surface area contributed by atoms with Crippen molar-refractivity contribution in [3.05, 3.63) is 60.2 Å². The Hall–Kier alpha value is -1.90. The normalized spacial score (nSPS) is 12.7. The molecule has 0 aliphatic carbocycles. The molecule has 1 unspecified atom stereocenters. The number of nitrogens with zero attached hydrogens (tertiary/aromatic N) is 1. The topological polar surface area (TPSA) is 23.5 Å². The molecule has 1 N–H and O–H groups in total. The fraction of sp³-hybridized carbons (Fsp3) is 0.548. The molecule has 33 heavy (non-hydrogen) atoms. The van der Waals surface area contributed by atoms with Crippen LogP contribution >= 0.6 is 0 Å². The van der Waals surface area contributed by atoms with Gasteiger partial charge in [0.1, 0.15) is 0 Å². The Bertz CT molecular complexity index is 936. The van der Waals surface area contributed by atoms with Gasteiger partial charge in [0.25, 0.3) is 0 Å². The smallest absolute Gasteiger partial charge is 0.0808 e. The Balaban J connectivity index is 1.65. The molecule has 0 saturated heterocycles. The second-order valence-electron chi connectivity index (χ2n) is 9.71. The highest BCUT2D eigenvalue weighted by Gasteiger charge is 2.15. The van der Waals surface area contributed by atoms with E-state index < -0.39 is 6.10 Å². The predicted molar refractivity (Wildman–Crippen MR) is 145 cm³/mol. The third-order valence-electron chi connectivity index (χ3n) is 7.03. The summed E-state index contributed by atoms with van der Waals surface area (Å²) in [6, 6.07) is 19.3. The standard InChI is InChI=1S/C31H45NO/c1-3-5-7-9-15-22-32(23-16-10-8-6-4-2)24-21-31(33)30-25-26-17-11-12-18-27(26)28-19-13-14-20-29(28)30/h11-14,17-20,25,31,33H,3-10,15-16,21-24H2,1-2H3. The predicted octanol–water partition coefficient (Wildman–Crippen LogP) is 8.66. The quantitative estimate of drug-likeness (QED) is 0.175. The van der Waals surface area contributed by atoms with Gasteiger partial charge in [-0.25, -0.2) is 0 Å². The fourth-order valence-electron chi connectivity index (χ4n) is 5.03. The molecule has 0 bridgehead atoms. The van der Waals surface area contributed by atoms with Crippen LogP contribution in [-0.2, 0) is 0 Å². The average Bonchev–Trinajstić information content (AvgIpc) is 2.85. The van der Waals surface area contributed by atoms with E-state index in [-0.39, 0.29) is 0 Å². The molecule has 2 heteroatoms. The third-order valence-corrected chi connectivity index (χ3v) is 7.03. The van der Waals surface area contributed by atoms with E-state index >= 15 is 0 Å². The lowest BCUT2D eigenvalue weighted by Gasteiger charge is -2.24. The minimum atomic E-state index is -0.429. The van der Waals surface area contributed by atoms with Crippen LogP contribution in [-0.4, -0.2) is 29.6 Å². The van der Waals surface area contributed by atoms with Crippen molar-refractivity contribution in [2.75, 3.05) is 19.6 Å². The molecule has 0 amide bonds. The molecule has 0 radical (unpaired) electrons. The summed E-state index contributed by atoms with van der Waals surface area (Å²) in [5.41, 5.74) is 1.08. The molecule has 0 spiro atoms. The first-order valence-electron chi connectivity index (χ1n) is 13.6. The Kier molecular flexibility index (Phi) is 11.2. The molecule has 0 aliphatic rings. The lowest BCUT2D eigenvalue weighted by molar-refractivity contribution is 0.141. The summed E-state index contributed by atoms with van der Waals surface area (Å²) in [6.45, 7) is 7.87. The summed E-state index contributed by atoms with van der Waals surface area (Å²) < 4.78 is 0. The number of benzene rings is 3. The zero-order valence-electron chi connectivity index (χ0n) is 21.1. The molecule has 3 rings (SSSR count). The summed E-state index contributed by atoms with van der Waals surface area (Å²) in [5.74, 6) is 0. The molecule has 180 valence electrons. The molecule has 0 saturated carbocycles. The number of fused-ring (bicyclic) bond motifs is 3. The third kappa shape index (κ3) is 7.83. The molecule has 0 heterocycles. The van der Waals surface area contributed by atoms with Crippen molar-refractivity contribution >= 4 is 21.5 Å². The first-order chi connectivity index (χ1) is 16.2. The highest BCUT2D eigenvalue weighted by Crippen LogP contribution is 2.33. The molecule has 0 fully saturated rings. The zero-order chi connectivity index (χ0) is 23.3. The molecule has 3 aromatic rings. The maximum absolute atomic E-state index is 11.3. The van der Waals surface area contributed by atoms with Crippen LogP contribution in [0.1, 0.15) is 96.1 Å². The number of aliphatic hydroxyl groups excluding tert-OH is 1. The number of hydrogen-bond donors (Lipinski definition) is 1. The van der Waals surface area contributed by atoms with Gasteiger partial charge in [-0.3, -0.25) is 0 Å². The monoisotopic (exact) mass is 447 g/mol. The van der Waals surface area contributed by atoms with Crippen molar-refractivity contribution in [1.29, 1.82) is 0 Å². The van der Waals surface area contributed by atoms with Gasteiger partial charge in [0.05, 0.1) is 6.10 Å². The maximum Gasteiger partial charge on any atom is 0.0808 e. The van der Waals surface area contributed by atoms with Crippen LogP contribution in [0.15, 0.2) is 54.6 Å². The lowest BCUT2D eigenvalue weighted by Crippen LogP contribution is -2.28. The van der Waals surface area contributed by atoms with Gasteiger partial charge >= 0.3 is 0 Å². The Labute approximate surface area is 202 Å². The van der Waals surface area contributed by atoms with Crippen LogP contribution in [0.4, 0.5) is 0 Å². The highest BCUT2D eigenvalue weighted by atomic mass is 16.3. The summed E-state index contributed by atoms with van der Waals surface area (Å²) in [5, 5.41) is 16.2. The molecule has 1 atom stereocenters. The van der Waals surface area contributed by atoms with E-state index in [2.05, 4.69) is 73.3 Å². The summed E-state index contributed by atoms with van der Waals surface area (Å²) >= 11 is 0. The first-order valence-corrected chi connectivity index (χ1v) is 13.6. The van der Waals surface area contributed by atoms with Gasteiger partial charge < -0.3 is 10.0 Å². The van der Waals surface area contributed by atoms with Crippen LogP contribution < -0.4 is 0 Å². The molecule has 0 aromatic heterocycles. The van der Waals surface area contributed by atoms with Gasteiger partial charge in [0.2, 0.25) is 0 Å². The van der Waals surface area contributed by atoms with E-state index in [1.807, 2.05) is 0 Å². The van der Waals surface area contributed by atoms with Crippen molar-refractivity contribution in [2.45, 2.75) is 90.6 Å². The SMILES string of the molecule is CCCCCCCN(CCCCCCC)CCC(O)c1cc2ccccc2c2ccccc12. The van der Waals surface area contributed by atoms with Gasteiger partial charge in [0, 0.05) is 6.54 Å². The van der Waals surface area contributed by atoms with E-state index in [0.29, 0.717) is 0 Å². The van der Waals surface area contributed by atoms with Crippen molar-refractivity contribution in [3.63, 3.8) is 0 Å². The van der Waals surface area contributed by atoms with Crippen molar-refractivity contribution in [2.24, 2.45) is 0 Å². The van der Waals surface area contributed by atoms with Crippen LogP contribution in [0.2, 0.25) is 0 Å². The number of aliphatic hydroxyl groups is 1. The summed E-state index contributed by atoms with van der Waals surface area (Å²) in [4.78, 5) is 2.62. The molecular formula is C31H45NO. The fourth-order valence-corrected chi connectivity index (χ4v) is 5.03. The highest BCUT2D eigenvalue weighted by molar-refractivity contribution is 6.09. The van der Waals surface area contributed by atoms with Crippen molar-refractivity contribution < 1.29 is 5.11 Å². The second-order valence-corrected chi connectivity index (χ2v) is 9.71. The van der Waals surface area contributed by atoms with Gasteiger partial charge in [-0.05, 0) is 65.5 Å². The Morgan fingerprint density at radius 1 is 0.636 bits per heavy atom. The van der Waals surface area contributed by atoms with Crippen LogP contribution in [0.5, 0.6) is 0 Å². The minimum Gasteiger partial charge on any atom is -0.388 e. The van der Waals surface area contributed by atoms with Crippen LogP contribution in [0.25, 0.3) is 21.5 Å². The molecule has 0 aliphatic heterocycles. The first kappa shape index (κ1) is 25.7. The largest absolute Gasteiger partial charge is 0.388 e. The summed E-state index contributed by atoms with van der Waals surface area (Å²) in [6.07, 6.45) is 13.6. The minimum absolute atomic E-state index is 0.429. The van der Waals surface area contributed by atoms with Crippen molar-refractivity contribution in [1.82, 2.24) is 4.90 Å². The van der Waals surface area contributed by atoms with Gasteiger partial charge in [0.15, 0.2) is 0 Å². The maximum atomic E-state index is 11.3. The summed E-state index contributed by atoms with van der Waals surface area (Å²) in [7, 11) is 0. The Morgan fingerprint density at radius 3 is 1.82 bits per heavy atom. The van der Waals surface area contributed by atoms with E-state index in [9.17, 15) is 5.11 Å². The molecular weight excluding hydrogens is 402 g/mol. The Morgan fingerprint density at radius 2 is 1.18 bits per heavy atom. The zero-order valence-corrected chi connectivity index (χ0v) is 21.1. The molecule has 2 nitrogen and oxygen atoms in total. The van der Waals surface area contributed by atoms with E-state index in [1.165, 1.54) is 98.8 Å². The van der Waals surface area contributed by atoms with Crippen LogP contribution in [0, 0.1) is 0 Å². The molecule has 3 aromatic carbocycles. The average molecular weight is 448 g/mol. The van der Waals surface area contributed by atoms with E-state index in [1.54, 1.807) is 0 Å². The van der Waals surface area contributed by atoms with E-state index in [0.717, 1.165) is 18.5 Å². The number of hydrogen-bond acceptors (Lipinski definition) is 2. The van der Waals surface area contributed by atoms with Crippen LogP contribution in [0.3, 0.4) is 0 Å². The van der Waals surface area contributed by atoms with Crippen molar-refractivity contribution in [3.8, 4) is 0 Å². The number of unbranched alkanes of at least 4 members (excludes halogenated alkanes) is 8. The van der Waals surface area contributed by atoms with Gasteiger partial charge in [-0.15, -0.1) is 0 Å². The number of rotatable bonds is 16. The second kappa shape index (κ2) is 14.4. The van der Waals surface area contributed by atoms with E-state index in [4.69, 9.17) is 0 Å². The van der Waals surface area contributed by atoms with Gasteiger partial charge in [-0.2, -0.15) is 0 Å². The lowest BCUT2D eigenvalue weighted by atomic mass is 9.93.